The van der Waals surface area contributed by atoms with E-state index in [0.29, 0.717) is 31.7 Å². The molecule has 6 nitrogen and oxygen atoms in total. The largest absolute Gasteiger partial charge is 0.496 e. The maximum Gasteiger partial charge on any atom is 0.271 e. The number of hydrogen-bond donors (Lipinski definition) is 1. The maximum absolute atomic E-state index is 13.8. The predicted octanol–water partition coefficient (Wildman–Crippen LogP) is 4.42. The van der Waals surface area contributed by atoms with E-state index in [1.54, 1.807) is 12.0 Å². The van der Waals surface area contributed by atoms with Gasteiger partial charge >= 0.3 is 0 Å². The Bertz CT molecular complexity index is 1380. The van der Waals surface area contributed by atoms with Crippen molar-refractivity contribution in [1.29, 1.82) is 0 Å². The third kappa shape index (κ3) is 4.16. The highest BCUT2D eigenvalue weighted by Crippen LogP contribution is 2.32. The molecule has 4 aromatic rings. The summed E-state index contributed by atoms with van der Waals surface area (Å²) >= 11 is 0. The van der Waals surface area contributed by atoms with Gasteiger partial charge in [-0.1, -0.05) is 66.7 Å². The highest BCUT2D eigenvalue weighted by Gasteiger charge is 2.47. The minimum absolute atomic E-state index is 0.127. The predicted molar refractivity (Wildman–Crippen MR) is 136 cm³/mol. The first-order chi connectivity index (χ1) is 17.0. The van der Waals surface area contributed by atoms with E-state index in [-0.39, 0.29) is 11.8 Å². The second kappa shape index (κ2) is 9.29. The van der Waals surface area contributed by atoms with Crippen LogP contribution in [0.1, 0.15) is 28.5 Å². The monoisotopic (exact) mass is 467 g/mol. The lowest BCUT2D eigenvalue weighted by Crippen LogP contribution is -2.64. The van der Waals surface area contributed by atoms with Crippen LogP contribution in [0.25, 0.3) is 10.9 Å². The Labute approximate surface area is 205 Å². The molecular weight excluding hydrogens is 438 g/mol. The number of nitrogens with zero attached hydrogens (tertiary/aromatic N) is 2. The number of carbonyl (C=O) groups excluding carboxylic acids is 2. The van der Waals surface area contributed by atoms with Gasteiger partial charge in [-0.25, -0.2) is 0 Å². The number of nitrogens with one attached hydrogen (secondary N) is 1. The number of amides is 2. The Morgan fingerprint density at radius 3 is 2.51 bits per heavy atom. The molecule has 0 saturated heterocycles. The van der Waals surface area contributed by atoms with Crippen LogP contribution in [0.5, 0.6) is 5.75 Å². The summed E-state index contributed by atoms with van der Waals surface area (Å²) in [7, 11) is 1.62. The molecule has 178 valence electrons. The number of hydrogen-bond acceptors (Lipinski definition) is 3. The van der Waals surface area contributed by atoms with Crippen LogP contribution < -0.4 is 10.1 Å². The van der Waals surface area contributed by atoms with E-state index in [1.807, 2.05) is 96.4 Å². The molecule has 5 rings (SSSR count). The van der Waals surface area contributed by atoms with Crippen molar-refractivity contribution in [2.75, 3.05) is 13.7 Å². The highest BCUT2D eigenvalue weighted by molar-refractivity contribution is 6.03. The van der Waals surface area contributed by atoms with Gasteiger partial charge in [-0.05, 0) is 37.1 Å². The fourth-order valence-corrected chi connectivity index (χ4v) is 4.96. The molecule has 2 amide bonds. The summed E-state index contributed by atoms with van der Waals surface area (Å²) in [5.41, 5.74) is 2.54. The van der Waals surface area contributed by atoms with E-state index >= 15 is 0 Å². The van der Waals surface area contributed by atoms with Gasteiger partial charge in [0.1, 0.15) is 17.0 Å². The molecule has 1 aliphatic rings. The first-order valence-corrected chi connectivity index (χ1v) is 11.9. The summed E-state index contributed by atoms with van der Waals surface area (Å²) in [4.78, 5) is 29.3. The fraction of sp³-hybridized carbons (Fsp3) is 0.241. The summed E-state index contributed by atoms with van der Waals surface area (Å²) in [5.74, 6) is 0.406. The first kappa shape index (κ1) is 22.7. The van der Waals surface area contributed by atoms with Crippen LogP contribution in [0.2, 0.25) is 0 Å². The lowest BCUT2D eigenvalue weighted by Gasteiger charge is -2.44. The zero-order chi connectivity index (χ0) is 24.4. The number of aromatic nitrogens is 1. The van der Waals surface area contributed by atoms with E-state index in [2.05, 4.69) is 5.32 Å². The van der Waals surface area contributed by atoms with Gasteiger partial charge in [-0.3, -0.25) is 9.59 Å². The van der Waals surface area contributed by atoms with Gasteiger partial charge in [0, 0.05) is 29.6 Å². The molecule has 1 unspecified atom stereocenters. The zero-order valence-electron chi connectivity index (χ0n) is 20.0. The van der Waals surface area contributed by atoms with Crippen molar-refractivity contribution >= 4 is 22.7 Å². The van der Waals surface area contributed by atoms with Crippen LogP contribution in [0.4, 0.5) is 0 Å². The van der Waals surface area contributed by atoms with Gasteiger partial charge in [-0.2, -0.15) is 0 Å². The van der Waals surface area contributed by atoms with Gasteiger partial charge in [0.2, 0.25) is 5.91 Å². The Morgan fingerprint density at radius 2 is 1.71 bits per heavy atom. The number of rotatable bonds is 7. The van der Waals surface area contributed by atoms with Crippen molar-refractivity contribution in [1.82, 2.24) is 14.8 Å². The number of fused-ring (bicyclic) bond motifs is 3. The Balaban J connectivity index is 1.48. The van der Waals surface area contributed by atoms with E-state index < -0.39 is 5.54 Å². The average molecular weight is 468 g/mol. The van der Waals surface area contributed by atoms with Crippen molar-refractivity contribution < 1.29 is 14.3 Å². The number of ether oxygens (including phenoxy) is 1. The molecule has 1 aliphatic heterocycles. The maximum atomic E-state index is 13.8. The van der Waals surface area contributed by atoms with Gasteiger partial charge in [0.25, 0.3) is 5.91 Å². The molecule has 0 radical (unpaired) electrons. The molecule has 2 heterocycles. The fourth-order valence-electron chi connectivity index (χ4n) is 4.96. The highest BCUT2D eigenvalue weighted by atomic mass is 16.5. The SMILES string of the molecule is COc1ccccc1CNC(=O)C1(C)Cn2c(cc3ccccc32)C(=O)N1CCc1ccccc1. The number of para-hydroxylation sites is 2. The van der Waals surface area contributed by atoms with Crippen LogP contribution in [0.15, 0.2) is 84.9 Å². The van der Waals surface area contributed by atoms with Crippen molar-refractivity contribution in [3.8, 4) is 5.75 Å². The third-order valence-electron chi connectivity index (χ3n) is 6.92. The van der Waals surface area contributed by atoms with E-state index in [1.165, 1.54) is 0 Å². The van der Waals surface area contributed by atoms with Crippen molar-refractivity contribution in [2.24, 2.45) is 0 Å². The number of benzene rings is 3. The topological polar surface area (TPSA) is 63.6 Å². The van der Waals surface area contributed by atoms with Gasteiger partial charge in [0.05, 0.1) is 13.7 Å². The second-order valence-corrected chi connectivity index (χ2v) is 9.14. The first-order valence-electron chi connectivity index (χ1n) is 11.9. The van der Waals surface area contributed by atoms with Crippen LogP contribution in [-0.2, 0) is 24.3 Å². The van der Waals surface area contributed by atoms with Crippen LogP contribution in [0.3, 0.4) is 0 Å². The van der Waals surface area contributed by atoms with Gasteiger partial charge < -0.3 is 19.5 Å². The summed E-state index contributed by atoms with van der Waals surface area (Å²) in [6.07, 6.45) is 0.669. The Kier molecular flexibility index (Phi) is 6.03. The quantitative estimate of drug-likeness (QED) is 0.438. The molecule has 0 fully saturated rings. The van der Waals surface area contributed by atoms with Crippen molar-refractivity contribution in [2.45, 2.75) is 32.0 Å². The smallest absolute Gasteiger partial charge is 0.271 e. The van der Waals surface area contributed by atoms with Crippen molar-refractivity contribution in [3.63, 3.8) is 0 Å². The Morgan fingerprint density at radius 1 is 1.00 bits per heavy atom. The molecule has 1 atom stereocenters. The summed E-state index contributed by atoms with van der Waals surface area (Å²) in [6.45, 7) is 3.01. The van der Waals surface area contributed by atoms with Gasteiger partial charge in [-0.15, -0.1) is 0 Å². The van der Waals surface area contributed by atoms with Crippen LogP contribution in [0, 0.1) is 0 Å². The number of methoxy groups -OCH3 is 1. The lowest BCUT2D eigenvalue weighted by atomic mass is 9.93. The molecule has 35 heavy (non-hydrogen) atoms. The minimum atomic E-state index is -1.05. The van der Waals surface area contributed by atoms with Crippen LogP contribution >= 0.6 is 0 Å². The average Bonchev–Trinajstić information content (AvgIpc) is 3.26. The molecule has 1 aromatic heterocycles. The molecular formula is C29H29N3O3. The molecule has 0 aliphatic carbocycles. The van der Waals surface area contributed by atoms with E-state index in [0.717, 1.165) is 27.8 Å². The lowest BCUT2D eigenvalue weighted by molar-refractivity contribution is -0.133. The standard InChI is InChI=1S/C29H29N3O3/c1-29(28(34)30-19-23-13-7-9-15-26(23)35-2)20-31-24-14-8-6-12-22(24)18-25(31)27(33)32(29)17-16-21-10-4-3-5-11-21/h3-15,18H,16-17,19-20H2,1-2H3,(H,30,34). The van der Waals surface area contributed by atoms with Crippen LogP contribution in [-0.4, -0.2) is 40.5 Å². The minimum Gasteiger partial charge on any atom is -0.496 e. The number of carbonyl (C=O) groups is 2. The summed E-state index contributed by atoms with van der Waals surface area (Å²) in [6, 6.07) is 27.5. The second-order valence-electron chi connectivity index (χ2n) is 9.14. The van der Waals surface area contributed by atoms with E-state index in [9.17, 15) is 9.59 Å². The van der Waals surface area contributed by atoms with Crippen molar-refractivity contribution in [3.05, 3.63) is 102 Å². The summed E-state index contributed by atoms with van der Waals surface area (Å²) in [5, 5.41) is 4.08. The summed E-state index contributed by atoms with van der Waals surface area (Å²) < 4.78 is 7.42. The molecule has 0 spiro atoms. The third-order valence-corrected chi connectivity index (χ3v) is 6.92. The van der Waals surface area contributed by atoms with E-state index in [4.69, 9.17) is 4.74 Å². The molecule has 3 aromatic carbocycles. The molecule has 0 bridgehead atoms. The normalized spacial score (nSPS) is 17.3. The molecule has 0 saturated carbocycles. The molecule has 1 N–H and O–H groups in total. The Hall–Kier alpha value is -4.06. The zero-order valence-corrected chi connectivity index (χ0v) is 20.0. The van der Waals surface area contributed by atoms with Gasteiger partial charge in [0.15, 0.2) is 0 Å². The molecule has 6 heteroatoms.